The highest BCUT2D eigenvalue weighted by Gasteiger charge is 2.48. The molecule has 0 saturated carbocycles. The summed E-state index contributed by atoms with van der Waals surface area (Å²) in [6, 6.07) is 10.4. The Bertz CT molecular complexity index is 677. The Labute approximate surface area is 120 Å². The van der Waals surface area contributed by atoms with E-state index in [1.807, 2.05) is 24.3 Å². The molecule has 4 N–H and O–H groups in total. The highest BCUT2D eigenvalue weighted by atomic mass is 16.5. The Kier molecular flexibility index (Phi) is 2.99. The maximum absolute atomic E-state index is 12.2. The molecule has 7 nitrogen and oxygen atoms in total. The molecule has 2 aliphatic rings. The fourth-order valence-electron chi connectivity index (χ4n) is 2.71. The number of nitrogens with two attached hydrogens (primary N) is 1. The average Bonchev–Trinajstić information content (AvgIpc) is 2.46. The first kappa shape index (κ1) is 13.0. The Balaban J connectivity index is 2.12. The molecule has 21 heavy (non-hydrogen) atoms. The first-order chi connectivity index (χ1) is 10.1. The molecular formula is C14H12N4O3. The van der Waals surface area contributed by atoms with Gasteiger partial charge in [0.25, 0.3) is 0 Å². The Hall–Kier alpha value is -3.01. The van der Waals surface area contributed by atoms with Crippen LogP contribution in [-0.2, 0) is 9.53 Å². The molecule has 0 spiro atoms. The number of carbonyl (C=O) groups excluding carboxylic acids is 2. The minimum absolute atomic E-state index is 0.0670. The summed E-state index contributed by atoms with van der Waals surface area (Å²) >= 11 is 0. The molecule has 3 amide bonds. The van der Waals surface area contributed by atoms with Crippen molar-refractivity contribution in [3.8, 4) is 6.07 Å². The number of imide groups is 1. The van der Waals surface area contributed by atoms with Gasteiger partial charge in [-0.05, 0) is 5.56 Å². The van der Waals surface area contributed by atoms with Crippen LogP contribution in [0.4, 0.5) is 4.79 Å². The minimum Gasteiger partial charge on any atom is -0.454 e. The fourth-order valence-corrected chi connectivity index (χ4v) is 2.71. The van der Waals surface area contributed by atoms with Crippen LogP contribution in [0.3, 0.4) is 0 Å². The number of allylic oxidation sites excluding steroid dienone is 1. The fraction of sp³-hybridized carbons (Fsp3) is 0.214. The predicted octanol–water partition coefficient (Wildman–Crippen LogP) is 0.276. The van der Waals surface area contributed by atoms with Gasteiger partial charge < -0.3 is 15.8 Å². The number of fused-ring (bicyclic) bond motifs is 1. The van der Waals surface area contributed by atoms with Gasteiger partial charge in [-0.3, -0.25) is 10.1 Å². The van der Waals surface area contributed by atoms with Gasteiger partial charge in [-0.1, -0.05) is 30.3 Å². The number of nitrogens with one attached hydrogen (secondary N) is 2. The summed E-state index contributed by atoms with van der Waals surface area (Å²) in [5, 5.41) is 14.0. The number of benzene rings is 1. The number of amides is 3. The van der Waals surface area contributed by atoms with E-state index in [0.717, 1.165) is 5.56 Å². The van der Waals surface area contributed by atoms with Gasteiger partial charge >= 0.3 is 6.03 Å². The van der Waals surface area contributed by atoms with E-state index in [-0.39, 0.29) is 11.5 Å². The van der Waals surface area contributed by atoms with E-state index in [9.17, 15) is 14.9 Å². The molecule has 1 fully saturated rings. The molecule has 1 saturated heterocycles. The predicted molar refractivity (Wildman–Crippen MR) is 71.0 cm³/mol. The maximum Gasteiger partial charge on any atom is 0.324 e. The minimum atomic E-state index is -0.881. The third-order valence-electron chi connectivity index (χ3n) is 3.61. The van der Waals surface area contributed by atoms with Crippen molar-refractivity contribution in [2.24, 2.45) is 11.7 Å². The van der Waals surface area contributed by atoms with E-state index in [2.05, 4.69) is 10.6 Å². The summed E-state index contributed by atoms with van der Waals surface area (Å²) in [6.45, 7) is 0. The van der Waals surface area contributed by atoms with Crippen molar-refractivity contribution in [3.05, 3.63) is 47.4 Å². The van der Waals surface area contributed by atoms with Crippen molar-refractivity contribution < 1.29 is 14.3 Å². The first-order valence-electron chi connectivity index (χ1n) is 6.34. The summed E-state index contributed by atoms with van der Waals surface area (Å²) in [6.07, 6.45) is -0.881. The van der Waals surface area contributed by atoms with Gasteiger partial charge in [0.15, 0.2) is 6.23 Å². The standard InChI is InChI=1S/C14H12N4O3/c15-6-8-9(7-4-2-1-3-5-7)10-12(19)17-14(20)18-13(10)21-11(8)16/h1-5,9-10,13H,16H2,(H2,17,18,19,20). The van der Waals surface area contributed by atoms with Gasteiger partial charge in [-0.25, -0.2) is 4.79 Å². The summed E-state index contributed by atoms with van der Waals surface area (Å²) in [5.74, 6) is -1.86. The zero-order valence-electron chi connectivity index (χ0n) is 10.9. The van der Waals surface area contributed by atoms with Crippen molar-refractivity contribution in [2.75, 3.05) is 0 Å². The normalized spacial score (nSPS) is 27.9. The Morgan fingerprint density at radius 3 is 2.62 bits per heavy atom. The molecule has 3 atom stereocenters. The van der Waals surface area contributed by atoms with E-state index < -0.39 is 30.0 Å². The van der Waals surface area contributed by atoms with E-state index in [4.69, 9.17) is 10.5 Å². The average molecular weight is 284 g/mol. The number of hydrogen-bond donors (Lipinski definition) is 3. The lowest BCUT2D eigenvalue weighted by Crippen LogP contribution is -2.62. The number of ether oxygens (including phenoxy) is 1. The number of urea groups is 1. The molecule has 106 valence electrons. The Morgan fingerprint density at radius 1 is 1.24 bits per heavy atom. The van der Waals surface area contributed by atoms with Crippen LogP contribution in [0, 0.1) is 17.2 Å². The number of nitriles is 1. The van der Waals surface area contributed by atoms with Crippen LogP contribution in [0.25, 0.3) is 0 Å². The first-order valence-corrected chi connectivity index (χ1v) is 6.34. The molecular weight excluding hydrogens is 272 g/mol. The van der Waals surface area contributed by atoms with Crippen LogP contribution in [0.1, 0.15) is 11.5 Å². The van der Waals surface area contributed by atoms with Gasteiger partial charge in [0.2, 0.25) is 11.8 Å². The molecule has 7 heteroatoms. The van der Waals surface area contributed by atoms with Crippen molar-refractivity contribution in [3.63, 3.8) is 0 Å². The van der Waals surface area contributed by atoms with Crippen molar-refractivity contribution in [1.29, 1.82) is 5.26 Å². The second kappa shape index (κ2) is 4.83. The second-order valence-electron chi connectivity index (χ2n) is 4.81. The molecule has 0 aliphatic carbocycles. The van der Waals surface area contributed by atoms with Crippen LogP contribution in [-0.4, -0.2) is 18.2 Å². The molecule has 3 unspecified atom stereocenters. The molecule has 1 aromatic carbocycles. The number of carbonyl (C=O) groups is 2. The largest absolute Gasteiger partial charge is 0.454 e. The molecule has 1 aromatic rings. The van der Waals surface area contributed by atoms with E-state index in [1.54, 1.807) is 12.1 Å². The SMILES string of the molecule is N#CC1=C(N)OC2NC(=O)NC(=O)C2C1c1ccccc1. The zero-order valence-corrected chi connectivity index (χ0v) is 10.9. The third-order valence-corrected chi connectivity index (χ3v) is 3.61. The Morgan fingerprint density at radius 2 is 1.95 bits per heavy atom. The van der Waals surface area contributed by atoms with Crippen LogP contribution >= 0.6 is 0 Å². The van der Waals surface area contributed by atoms with E-state index >= 15 is 0 Å². The summed E-state index contributed by atoms with van der Waals surface area (Å²) in [5.41, 5.74) is 6.72. The van der Waals surface area contributed by atoms with Gasteiger partial charge in [0, 0.05) is 5.92 Å². The highest BCUT2D eigenvalue weighted by molar-refractivity contribution is 5.99. The monoisotopic (exact) mass is 284 g/mol. The quantitative estimate of drug-likeness (QED) is 0.684. The van der Waals surface area contributed by atoms with Gasteiger partial charge in [0.1, 0.15) is 12.0 Å². The summed E-state index contributed by atoms with van der Waals surface area (Å²) < 4.78 is 5.33. The molecule has 0 aromatic heterocycles. The zero-order chi connectivity index (χ0) is 15.0. The number of rotatable bonds is 1. The lowest BCUT2D eigenvalue weighted by Gasteiger charge is -2.39. The molecule has 0 radical (unpaired) electrons. The van der Waals surface area contributed by atoms with E-state index in [0.29, 0.717) is 0 Å². The second-order valence-corrected chi connectivity index (χ2v) is 4.81. The summed E-state index contributed by atoms with van der Waals surface area (Å²) in [4.78, 5) is 23.6. The number of hydrogen-bond acceptors (Lipinski definition) is 5. The summed E-state index contributed by atoms with van der Waals surface area (Å²) in [7, 11) is 0. The topological polar surface area (TPSA) is 117 Å². The van der Waals surface area contributed by atoms with Crippen LogP contribution < -0.4 is 16.4 Å². The molecule has 3 rings (SSSR count). The lowest BCUT2D eigenvalue weighted by atomic mass is 9.77. The lowest BCUT2D eigenvalue weighted by molar-refractivity contribution is -0.132. The van der Waals surface area contributed by atoms with Crippen molar-refractivity contribution >= 4 is 11.9 Å². The van der Waals surface area contributed by atoms with Gasteiger partial charge in [0.05, 0.1) is 5.57 Å². The molecule has 0 bridgehead atoms. The smallest absolute Gasteiger partial charge is 0.324 e. The molecule has 2 aliphatic heterocycles. The van der Waals surface area contributed by atoms with Gasteiger partial charge in [-0.2, -0.15) is 5.26 Å². The van der Waals surface area contributed by atoms with Crippen LogP contribution in [0.2, 0.25) is 0 Å². The van der Waals surface area contributed by atoms with E-state index in [1.165, 1.54) is 0 Å². The number of nitrogens with zero attached hydrogens (tertiary/aromatic N) is 1. The molecule has 2 heterocycles. The maximum atomic E-state index is 12.2. The van der Waals surface area contributed by atoms with Crippen LogP contribution in [0.15, 0.2) is 41.8 Å². The third kappa shape index (κ3) is 2.07. The van der Waals surface area contributed by atoms with Crippen molar-refractivity contribution in [1.82, 2.24) is 10.6 Å². The van der Waals surface area contributed by atoms with Crippen molar-refractivity contribution in [2.45, 2.75) is 12.1 Å². The van der Waals surface area contributed by atoms with Crippen LogP contribution in [0.5, 0.6) is 0 Å². The highest BCUT2D eigenvalue weighted by Crippen LogP contribution is 2.40. The van der Waals surface area contributed by atoms with Gasteiger partial charge in [-0.15, -0.1) is 0 Å².